The molecule has 1 N–H and O–H groups in total. The maximum absolute atomic E-state index is 12.9. The smallest absolute Gasteiger partial charge is 0.237 e. The van der Waals surface area contributed by atoms with Gasteiger partial charge in [-0.3, -0.25) is 9.69 Å². The van der Waals surface area contributed by atoms with E-state index in [2.05, 4.69) is 10.2 Å². The summed E-state index contributed by atoms with van der Waals surface area (Å²) in [5.41, 5.74) is 2.01. The molecule has 2 aromatic carbocycles. The zero-order valence-electron chi connectivity index (χ0n) is 14.3. The topological polar surface area (TPSA) is 41.6 Å². The molecule has 2 aromatic rings. The van der Waals surface area contributed by atoms with Gasteiger partial charge in [0.15, 0.2) is 0 Å². The molecule has 2 atom stereocenters. The Morgan fingerprint density at radius 3 is 2.68 bits per heavy atom. The second-order valence-electron chi connectivity index (χ2n) is 6.29. The molecule has 0 saturated carbocycles. The van der Waals surface area contributed by atoms with Crippen molar-refractivity contribution in [2.75, 3.05) is 19.7 Å². The first-order chi connectivity index (χ1) is 12.1. The molecule has 1 aliphatic heterocycles. The summed E-state index contributed by atoms with van der Waals surface area (Å²) in [5.74, 6) is -0.304. The van der Waals surface area contributed by atoms with Gasteiger partial charge in [0.25, 0.3) is 0 Å². The summed E-state index contributed by atoms with van der Waals surface area (Å²) >= 11 is 0. The van der Waals surface area contributed by atoms with Crippen molar-refractivity contribution >= 4 is 5.91 Å². The maximum Gasteiger partial charge on any atom is 0.237 e. The summed E-state index contributed by atoms with van der Waals surface area (Å²) in [6.45, 7) is 4.34. The lowest BCUT2D eigenvalue weighted by Crippen LogP contribution is -2.50. The standard InChI is InChI=1S/C20H23FN2O2/c1-15(20(24)22-13-16-7-9-18(21)10-8-16)23-11-12-25-19(14-23)17-5-3-2-4-6-17/h2-10,15,19H,11-14H2,1H3,(H,22,24). The van der Waals surface area contributed by atoms with E-state index < -0.39 is 0 Å². The summed E-state index contributed by atoms with van der Waals surface area (Å²) in [5, 5.41) is 2.93. The molecular formula is C20H23FN2O2. The number of halogens is 1. The molecule has 1 aliphatic rings. The number of rotatable bonds is 5. The Balaban J connectivity index is 1.55. The van der Waals surface area contributed by atoms with Crippen LogP contribution >= 0.6 is 0 Å². The van der Waals surface area contributed by atoms with E-state index in [0.29, 0.717) is 19.7 Å². The Hall–Kier alpha value is -2.24. The van der Waals surface area contributed by atoms with Crippen molar-refractivity contribution in [1.82, 2.24) is 10.2 Å². The number of hydrogen-bond donors (Lipinski definition) is 1. The van der Waals surface area contributed by atoms with Crippen LogP contribution in [-0.4, -0.2) is 36.5 Å². The van der Waals surface area contributed by atoms with Crippen LogP contribution in [0, 0.1) is 5.82 Å². The Morgan fingerprint density at radius 1 is 1.24 bits per heavy atom. The third-order valence-corrected chi connectivity index (χ3v) is 4.58. The fourth-order valence-electron chi connectivity index (χ4n) is 3.00. The Morgan fingerprint density at radius 2 is 1.96 bits per heavy atom. The lowest BCUT2D eigenvalue weighted by Gasteiger charge is -2.36. The highest BCUT2D eigenvalue weighted by molar-refractivity contribution is 5.81. The van der Waals surface area contributed by atoms with E-state index in [4.69, 9.17) is 4.74 Å². The second kappa shape index (κ2) is 8.23. The molecule has 0 spiro atoms. The van der Waals surface area contributed by atoms with Crippen molar-refractivity contribution in [1.29, 1.82) is 0 Å². The fraction of sp³-hybridized carbons (Fsp3) is 0.350. The highest BCUT2D eigenvalue weighted by atomic mass is 19.1. The number of morpholine rings is 1. The van der Waals surface area contributed by atoms with E-state index >= 15 is 0 Å². The highest BCUT2D eigenvalue weighted by Gasteiger charge is 2.28. The lowest BCUT2D eigenvalue weighted by atomic mass is 10.1. The summed E-state index contributed by atoms with van der Waals surface area (Å²) < 4.78 is 18.8. The molecule has 132 valence electrons. The van der Waals surface area contributed by atoms with Crippen LogP contribution in [0.5, 0.6) is 0 Å². The maximum atomic E-state index is 12.9. The molecule has 2 unspecified atom stereocenters. The van der Waals surface area contributed by atoms with Gasteiger partial charge in [0, 0.05) is 19.6 Å². The number of amides is 1. The molecule has 1 fully saturated rings. The number of carbonyl (C=O) groups is 1. The van der Waals surface area contributed by atoms with Crippen LogP contribution in [0.25, 0.3) is 0 Å². The Kier molecular flexibility index (Phi) is 5.79. The first kappa shape index (κ1) is 17.6. The first-order valence-corrected chi connectivity index (χ1v) is 8.56. The van der Waals surface area contributed by atoms with Crippen LogP contribution < -0.4 is 5.32 Å². The van der Waals surface area contributed by atoms with Crippen molar-refractivity contribution in [3.05, 3.63) is 71.5 Å². The number of carbonyl (C=O) groups excluding carboxylic acids is 1. The third kappa shape index (κ3) is 4.65. The molecule has 0 aromatic heterocycles. The largest absolute Gasteiger partial charge is 0.371 e. The van der Waals surface area contributed by atoms with Crippen LogP contribution in [0.4, 0.5) is 4.39 Å². The summed E-state index contributed by atoms with van der Waals surface area (Å²) in [6, 6.07) is 16.0. The van der Waals surface area contributed by atoms with Gasteiger partial charge >= 0.3 is 0 Å². The minimum atomic E-state index is -0.274. The van der Waals surface area contributed by atoms with Gasteiger partial charge in [-0.2, -0.15) is 0 Å². The van der Waals surface area contributed by atoms with Gasteiger partial charge in [0.05, 0.1) is 18.8 Å². The molecule has 1 amide bonds. The summed E-state index contributed by atoms with van der Waals surface area (Å²) in [6.07, 6.45) is -0.0118. The van der Waals surface area contributed by atoms with E-state index in [9.17, 15) is 9.18 Å². The molecule has 5 heteroatoms. The van der Waals surface area contributed by atoms with Gasteiger partial charge in [0.2, 0.25) is 5.91 Å². The molecule has 1 saturated heterocycles. The molecule has 0 bridgehead atoms. The molecule has 0 aliphatic carbocycles. The van der Waals surface area contributed by atoms with Gasteiger partial charge in [-0.15, -0.1) is 0 Å². The molecular weight excluding hydrogens is 319 g/mol. The third-order valence-electron chi connectivity index (χ3n) is 4.58. The Bertz CT molecular complexity index is 691. The van der Waals surface area contributed by atoms with Crippen molar-refractivity contribution < 1.29 is 13.9 Å². The number of hydrogen-bond acceptors (Lipinski definition) is 3. The van der Waals surface area contributed by atoms with Crippen LogP contribution in [0.15, 0.2) is 54.6 Å². The van der Waals surface area contributed by atoms with Gasteiger partial charge in [0.1, 0.15) is 5.82 Å². The zero-order chi connectivity index (χ0) is 17.6. The summed E-state index contributed by atoms with van der Waals surface area (Å²) in [4.78, 5) is 14.6. The molecule has 3 rings (SSSR count). The minimum Gasteiger partial charge on any atom is -0.371 e. The van der Waals surface area contributed by atoms with E-state index in [0.717, 1.165) is 17.7 Å². The number of benzene rings is 2. The van der Waals surface area contributed by atoms with Crippen molar-refractivity contribution in [3.8, 4) is 0 Å². The van der Waals surface area contributed by atoms with Crippen molar-refractivity contribution in [3.63, 3.8) is 0 Å². The van der Waals surface area contributed by atoms with E-state index in [1.165, 1.54) is 12.1 Å². The quantitative estimate of drug-likeness (QED) is 0.908. The number of ether oxygens (including phenoxy) is 1. The predicted molar refractivity (Wildman–Crippen MR) is 94.4 cm³/mol. The fourth-order valence-corrected chi connectivity index (χ4v) is 3.00. The van der Waals surface area contributed by atoms with E-state index in [1.54, 1.807) is 12.1 Å². The normalized spacial score (nSPS) is 19.4. The number of nitrogens with zero attached hydrogens (tertiary/aromatic N) is 1. The minimum absolute atomic E-state index is 0.0118. The predicted octanol–water partition coefficient (Wildman–Crippen LogP) is 2.90. The monoisotopic (exact) mass is 342 g/mol. The zero-order valence-corrected chi connectivity index (χ0v) is 14.3. The number of nitrogens with one attached hydrogen (secondary N) is 1. The summed E-state index contributed by atoms with van der Waals surface area (Å²) in [7, 11) is 0. The molecule has 0 radical (unpaired) electrons. The lowest BCUT2D eigenvalue weighted by molar-refractivity contribution is -0.129. The average Bonchev–Trinajstić information content (AvgIpc) is 2.67. The van der Waals surface area contributed by atoms with Crippen LogP contribution in [-0.2, 0) is 16.1 Å². The van der Waals surface area contributed by atoms with Gasteiger partial charge in [-0.25, -0.2) is 4.39 Å². The second-order valence-corrected chi connectivity index (χ2v) is 6.29. The van der Waals surface area contributed by atoms with Gasteiger partial charge in [-0.05, 0) is 30.2 Å². The molecule has 1 heterocycles. The SMILES string of the molecule is CC(C(=O)NCc1ccc(F)cc1)N1CCOC(c2ccccc2)C1. The average molecular weight is 342 g/mol. The van der Waals surface area contributed by atoms with Crippen molar-refractivity contribution in [2.24, 2.45) is 0 Å². The first-order valence-electron chi connectivity index (χ1n) is 8.56. The Labute approximate surface area is 147 Å². The van der Waals surface area contributed by atoms with Gasteiger partial charge < -0.3 is 10.1 Å². The van der Waals surface area contributed by atoms with E-state index in [-0.39, 0.29) is 23.9 Å². The molecule has 4 nitrogen and oxygen atoms in total. The van der Waals surface area contributed by atoms with Crippen molar-refractivity contribution in [2.45, 2.75) is 25.6 Å². The van der Waals surface area contributed by atoms with Crippen LogP contribution in [0.2, 0.25) is 0 Å². The van der Waals surface area contributed by atoms with E-state index in [1.807, 2.05) is 37.3 Å². The molecule has 25 heavy (non-hydrogen) atoms. The highest BCUT2D eigenvalue weighted by Crippen LogP contribution is 2.23. The van der Waals surface area contributed by atoms with Crippen LogP contribution in [0.3, 0.4) is 0 Å². The van der Waals surface area contributed by atoms with Gasteiger partial charge in [-0.1, -0.05) is 42.5 Å². The van der Waals surface area contributed by atoms with Crippen LogP contribution in [0.1, 0.15) is 24.2 Å².